The van der Waals surface area contributed by atoms with E-state index in [0.29, 0.717) is 6.54 Å². The number of nitrogens with one attached hydrogen (secondary N) is 1. The predicted octanol–water partition coefficient (Wildman–Crippen LogP) is 2.75. The molecule has 0 aliphatic heterocycles. The summed E-state index contributed by atoms with van der Waals surface area (Å²) in [6, 6.07) is 8.39. The molecule has 134 valence electrons. The van der Waals surface area contributed by atoms with Gasteiger partial charge < -0.3 is 4.90 Å². The number of benzene rings is 1. The number of sulfonamides is 1. The first kappa shape index (κ1) is 18.0. The standard InChI is InChI=1S/C17H19FN2O3S2/c1-12(19-25(22,23)16-3-2-10-24-16)17(21)20(15-8-9-15)11-13-4-6-14(18)7-5-13/h2-7,10,12,15,19H,8-9,11H2,1H3. The summed E-state index contributed by atoms with van der Waals surface area (Å²) in [5, 5.41) is 1.67. The van der Waals surface area contributed by atoms with Gasteiger partial charge in [0.15, 0.2) is 0 Å². The number of carbonyl (C=O) groups excluding carboxylic acids is 1. The maximum absolute atomic E-state index is 13.0. The lowest BCUT2D eigenvalue weighted by molar-refractivity contribution is -0.133. The molecule has 2 aromatic rings. The van der Waals surface area contributed by atoms with Crippen molar-refractivity contribution in [1.29, 1.82) is 0 Å². The van der Waals surface area contributed by atoms with Crippen molar-refractivity contribution < 1.29 is 17.6 Å². The van der Waals surface area contributed by atoms with E-state index in [1.54, 1.807) is 35.4 Å². The van der Waals surface area contributed by atoms with Gasteiger partial charge in [0.25, 0.3) is 10.0 Å². The topological polar surface area (TPSA) is 66.5 Å². The summed E-state index contributed by atoms with van der Waals surface area (Å²) in [5.74, 6) is -0.600. The molecule has 3 rings (SSSR count). The normalized spacial score (nSPS) is 15.8. The molecule has 1 heterocycles. The number of hydrogen-bond donors (Lipinski definition) is 1. The smallest absolute Gasteiger partial charge is 0.250 e. The van der Waals surface area contributed by atoms with Crippen LogP contribution in [0.2, 0.25) is 0 Å². The fourth-order valence-electron chi connectivity index (χ4n) is 2.57. The predicted molar refractivity (Wildman–Crippen MR) is 94.1 cm³/mol. The Morgan fingerprint density at radius 3 is 2.56 bits per heavy atom. The highest BCUT2D eigenvalue weighted by molar-refractivity contribution is 7.91. The molecule has 8 heteroatoms. The van der Waals surface area contributed by atoms with Crippen LogP contribution in [-0.2, 0) is 21.4 Å². The molecular formula is C17H19FN2O3S2. The van der Waals surface area contributed by atoms with E-state index in [4.69, 9.17) is 0 Å². The van der Waals surface area contributed by atoms with Gasteiger partial charge in [-0.2, -0.15) is 4.72 Å². The molecule has 1 amide bonds. The SMILES string of the molecule is CC(NS(=O)(=O)c1cccs1)C(=O)N(Cc1ccc(F)cc1)C1CC1. The van der Waals surface area contributed by atoms with Crippen LogP contribution in [0.4, 0.5) is 4.39 Å². The van der Waals surface area contributed by atoms with Gasteiger partial charge in [0.2, 0.25) is 5.91 Å². The molecule has 0 spiro atoms. The second-order valence-corrected chi connectivity index (χ2v) is 8.99. The van der Waals surface area contributed by atoms with Crippen molar-refractivity contribution in [2.24, 2.45) is 0 Å². The molecule has 1 aliphatic carbocycles. The number of carbonyl (C=O) groups is 1. The molecule has 1 saturated carbocycles. The Balaban J connectivity index is 1.71. The monoisotopic (exact) mass is 382 g/mol. The summed E-state index contributed by atoms with van der Waals surface area (Å²) in [6.45, 7) is 1.89. The Kier molecular flexibility index (Phi) is 5.21. The molecule has 1 atom stereocenters. The highest BCUT2D eigenvalue weighted by Gasteiger charge is 2.35. The van der Waals surface area contributed by atoms with Crippen LogP contribution in [0.15, 0.2) is 46.0 Å². The molecule has 1 N–H and O–H groups in total. The van der Waals surface area contributed by atoms with Gasteiger partial charge in [-0.25, -0.2) is 12.8 Å². The first-order chi connectivity index (χ1) is 11.9. The van der Waals surface area contributed by atoms with Gasteiger partial charge in [0.1, 0.15) is 10.0 Å². The maximum atomic E-state index is 13.0. The fraction of sp³-hybridized carbons (Fsp3) is 0.353. The average Bonchev–Trinajstić information content (AvgIpc) is 3.25. The molecular weight excluding hydrogens is 363 g/mol. The van der Waals surface area contributed by atoms with E-state index in [-0.39, 0.29) is 22.0 Å². The van der Waals surface area contributed by atoms with Crippen LogP contribution in [0.1, 0.15) is 25.3 Å². The maximum Gasteiger partial charge on any atom is 0.250 e. The number of amides is 1. The third-order valence-corrected chi connectivity index (χ3v) is 6.94. The second kappa shape index (κ2) is 7.23. The summed E-state index contributed by atoms with van der Waals surface area (Å²) >= 11 is 1.10. The van der Waals surface area contributed by atoms with Crippen LogP contribution in [0.5, 0.6) is 0 Å². The van der Waals surface area contributed by atoms with Crippen LogP contribution in [0.3, 0.4) is 0 Å². The van der Waals surface area contributed by atoms with Crippen molar-refractivity contribution in [2.75, 3.05) is 0 Å². The number of thiophene rings is 1. The first-order valence-corrected chi connectivity index (χ1v) is 10.3. The minimum Gasteiger partial charge on any atom is -0.334 e. The first-order valence-electron chi connectivity index (χ1n) is 7.97. The summed E-state index contributed by atoms with van der Waals surface area (Å²) in [7, 11) is -3.71. The number of halogens is 1. The van der Waals surface area contributed by atoms with E-state index < -0.39 is 16.1 Å². The van der Waals surface area contributed by atoms with Crippen LogP contribution >= 0.6 is 11.3 Å². The number of nitrogens with zero attached hydrogens (tertiary/aromatic N) is 1. The van der Waals surface area contributed by atoms with Gasteiger partial charge in [0.05, 0.1) is 6.04 Å². The largest absolute Gasteiger partial charge is 0.334 e. The highest BCUT2D eigenvalue weighted by Crippen LogP contribution is 2.29. The Morgan fingerprint density at radius 2 is 2.00 bits per heavy atom. The minimum atomic E-state index is -3.71. The summed E-state index contributed by atoms with van der Waals surface area (Å²) < 4.78 is 40.3. The number of rotatable bonds is 7. The van der Waals surface area contributed by atoms with Crippen LogP contribution in [-0.4, -0.2) is 31.3 Å². The average molecular weight is 382 g/mol. The zero-order valence-corrected chi connectivity index (χ0v) is 15.3. The van der Waals surface area contributed by atoms with Crippen molar-refractivity contribution in [3.8, 4) is 0 Å². The molecule has 0 saturated heterocycles. The molecule has 1 aromatic carbocycles. The zero-order chi connectivity index (χ0) is 18.0. The van der Waals surface area contributed by atoms with E-state index in [9.17, 15) is 17.6 Å². The van der Waals surface area contributed by atoms with E-state index in [1.165, 1.54) is 18.2 Å². The quantitative estimate of drug-likeness (QED) is 0.801. The molecule has 1 fully saturated rings. The van der Waals surface area contributed by atoms with E-state index in [1.807, 2.05) is 0 Å². The van der Waals surface area contributed by atoms with Gasteiger partial charge >= 0.3 is 0 Å². The van der Waals surface area contributed by atoms with Crippen molar-refractivity contribution in [3.63, 3.8) is 0 Å². The Bertz CT molecular complexity index is 831. The second-order valence-electron chi connectivity index (χ2n) is 6.10. The molecule has 1 unspecified atom stereocenters. The number of hydrogen-bond acceptors (Lipinski definition) is 4. The molecule has 25 heavy (non-hydrogen) atoms. The summed E-state index contributed by atoms with van der Waals surface area (Å²) in [4.78, 5) is 14.4. The van der Waals surface area contributed by atoms with Gasteiger partial charge in [-0.15, -0.1) is 11.3 Å². The zero-order valence-electron chi connectivity index (χ0n) is 13.7. The van der Waals surface area contributed by atoms with Crippen molar-refractivity contribution in [3.05, 3.63) is 53.2 Å². The lowest BCUT2D eigenvalue weighted by Gasteiger charge is -2.26. The molecule has 0 bridgehead atoms. The van der Waals surface area contributed by atoms with Crippen molar-refractivity contribution in [2.45, 2.75) is 42.6 Å². The molecule has 1 aliphatic rings. The van der Waals surface area contributed by atoms with Crippen LogP contribution in [0.25, 0.3) is 0 Å². The molecule has 5 nitrogen and oxygen atoms in total. The third kappa shape index (κ3) is 4.45. The van der Waals surface area contributed by atoms with Crippen LogP contribution < -0.4 is 4.72 Å². The summed E-state index contributed by atoms with van der Waals surface area (Å²) in [6.07, 6.45) is 1.80. The van der Waals surface area contributed by atoms with Gasteiger partial charge in [-0.1, -0.05) is 18.2 Å². The van der Waals surface area contributed by atoms with E-state index in [2.05, 4.69) is 4.72 Å². The Labute approximate surface area is 150 Å². The summed E-state index contributed by atoms with van der Waals surface area (Å²) in [5.41, 5.74) is 0.815. The minimum absolute atomic E-state index is 0.117. The van der Waals surface area contributed by atoms with E-state index >= 15 is 0 Å². The van der Waals surface area contributed by atoms with Crippen molar-refractivity contribution in [1.82, 2.24) is 9.62 Å². The fourth-order valence-corrected chi connectivity index (χ4v) is 4.77. The molecule has 0 radical (unpaired) electrons. The lowest BCUT2D eigenvalue weighted by Crippen LogP contribution is -2.47. The lowest BCUT2D eigenvalue weighted by atomic mass is 10.2. The highest BCUT2D eigenvalue weighted by atomic mass is 32.2. The van der Waals surface area contributed by atoms with Gasteiger partial charge in [-0.3, -0.25) is 4.79 Å². The molecule has 1 aromatic heterocycles. The van der Waals surface area contributed by atoms with Crippen LogP contribution in [0, 0.1) is 5.82 Å². The van der Waals surface area contributed by atoms with E-state index in [0.717, 1.165) is 29.7 Å². The van der Waals surface area contributed by atoms with Gasteiger partial charge in [-0.05, 0) is 48.9 Å². The Hall–Kier alpha value is -1.77. The van der Waals surface area contributed by atoms with Gasteiger partial charge in [0, 0.05) is 12.6 Å². The Morgan fingerprint density at radius 1 is 1.32 bits per heavy atom. The van der Waals surface area contributed by atoms with Crippen molar-refractivity contribution >= 4 is 27.3 Å². The third-order valence-electron chi connectivity index (χ3n) is 4.00.